The first-order chi connectivity index (χ1) is 9.29. The first-order valence-electron chi connectivity index (χ1n) is 6.12. The number of rotatable bonds is 2. The number of hydrogen-bond acceptors (Lipinski definition) is 3. The highest BCUT2D eigenvalue weighted by Crippen LogP contribution is 2.14. The molecular weight excluding hydrogens is 242 g/mol. The lowest BCUT2D eigenvalue weighted by atomic mass is 10.1. The molecule has 0 radical (unpaired) electrons. The molecule has 0 bridgehead atoms. The van der Waals surface area contributed by atoms with Gasteiger partial charge in [0.15, 0.2) is 0 Å². The van der Waals surface area contributed by atoms with E-state index in [-0.39, 0.29) is 6.03 Å². The molecule has 0 aliphatic carbocycles. The van der Waals surface area contributed by atoms with E-state index in [9.17, 15) is 4.79 Å². The number of urea groups is 1. The molecule has 0 unspecified atom stereocenters. The highest BCUT2D eigenvalue weighted by Gasteiger charge is 2.07. The summed E-state index contributed by atoms with van der Waals surface area (Å²) in [5.41, 5.74) is 2.11. The maximum Gasteiger partial charge on any atom is 0.323 e. The molecule has 98 valence electrons. The molecule has 5 nitrogen and oxygen atoms in total. The number of ether oxygens (including phenoxy) is 1. The standard InChI is InChI=1S/C14H15N3O2/c15-9-12-3-1-2-4-13(12)17-14(18)16-10-11-5-7-19-8-6-11/h1-4,10H,5-8H2,(H2,16,17,18). The zero-order valence-corrected chi connectivity index (χ0v) is 10.5. The van der Waals surface area contributed by atoms with Crippen LogP contribution in [0.1, 0.15) is 18.4 Å². The molecule has 0 atom stereocenters. The Morgan fingerprint density at radius 1 is 1.32 bits per heavy atom. The predicted octanol–water partition coefficient (Wildman–Crippen LogP) is 2.37. The lowest BCUT2D eigenvalue weighted by molar-refractivity contribution is 0.119. The topological polar surface area (TPSA) is 74.2 Å². The van der Waals surface area contributed by atoms with Gasteiger partial charge in [-0.25, -0.2) is 4.79 Å². The average Bonchev–Trinajstić information content (AvgIpc) is 2.47. The van der Waals surface area contributed by atoms with Gasteiger partial charge in [-0.15, -0.1) is 0 Å². The quantitative estimate of drug-likeness (QED) is 0.854. The number of nitriles is 1. The second-order valence-corrected chi connectivity index (χ2v) is 4.17. The molecule has 1 fully saturated rings. The highest BCUT2D eigenvalue weighted by molar-refractivity contribution is 5.91. The van der Waals surface area contributed by atoms with Crippen LogP contribution in [0.4, 0.5) is 10.5 Å². The number of benzene rings is 1. The van der Waals surface area contributed by atoms with Crippen molar-refractivity contribution in [3.63, 3.8) is 0 Å². The van der Waals surface area contributed by atoms with E-state index < -0.39 is 0 Å². The average molecular weight is 257 g/mol. The van der Waals surface area contributed by atoms with Crippen LogP contribution in [0, 0.1) is 11.3 Å². The summed E-state index contributed by atoms with van der Waals surface area (Å²) in [7, 11) is 0. The smallest absolute Gasteiger partial charge is 0.323 e. The van der Waals surface area contributed by atoms with Crippen LogP contribution in [0.3, 0.4) is 0 Å². The maximum absolute atomic E-state index is 11.7. The zero-order chi connectivity index (χ0) is 13.5. The van der Waals surface area contributed by atoms with Gasteiger partial charge >= 0.3 is 6.03 Å². The first kappa shape index (κ1) is 13.1. The first-order valence-corrected chi connectivity index (χ1v) is 6.12. The zero-order valence-electron chi connectivity index (χ0n) is 10.5. The van der Waals surface area contributed by atoms with Crippen molar-refractivity contribution in [3.8, 4) is 6.07 Å². The predicted molar refractivity (Wildman–Crippen MR) is 71.4 cm³/mol. The fourth-order valence-electron chi connectivity index (χ4n) is 1.79. The van der Waals surface area contributed by atoms with Crippen molar-refractivity contribution in [2.45, 2.75) is 12.8 Å². The summed E-state index contributed by atoms with van der Waals surface area (Å²) in [5.74, 6) is 0. The number of amides is 2. The van der Waals surface area contributed by atoms with Crippen molar-refractivity contribution in [2.24, 2.45) is 0 Å². The third kappa shape index (κ3) is 3.83. The van der Waals surface area contributed by atoms with Gasteiger partial charge in [0.2, 0.25) is 0 Å². The minimum Gasteiger partial charge on any atom is -0.381 e. The normalized spacial score (nSPS) is 14.4. The largest absolute Gasteiger partial charge is 0.381 e. The van der Waals surface area contributed by atoms with Crippen LogP contribution in [0.5, 0.6) is 0 Å². The summed E-state index contributed by atoms with van der Waals surface area (Å²) in [6, 6.07) is 8.57. The third-order valence-electron chi connectivity index (χ3n) is 2.84. The van der Waals surface area contributed by atoms with Crippen LogP contribution in [-0.4, -0.2) is 19.2 Å². The Hall–Kier alpha value is -2.32. The van der Waals surface area contributed by atoms with Crippen molar-refractivity contribution in [2.75, 3.05) is 18.5 Å². The van der Waals surface area contributed by atoms with Crippen molar-refractivity contribution in [1.82, 2.24) is 5.32 Å². The van der Waals surface area contributed by atoms with Crippen LogP contribution in [-0.2, 0) is 4.74 Å². The summed E-state index contributed by atoms with van der Waals surface area (Å²) in [6.07, 6.45) is 3.40. The van der Waals surface area contributed by atoms with Gasteiger partial charge < -0.3 is 15.4 Å². The van der Waals surface area contributed by atoms with Gasteiger partial charge in [-0.05, 0) is 30.5 Å². The van der Waals surface area contributed by atoms with Gasteiger partial charge in [0.25, 0.3) is 0 Å². The van der Waals surface area contributed by atoms with E-state index in [1.807, 2.05) is 6.07 Å². The summed E-state index contributed by atoms with van der Waals surface area (Å²) in [4.78, 5) is 11.7. The lowest BCUT2D eigenvalue weighted by Gasteiger charge is -2.14. The minimum absolute atomic E-state index is 0.346. The molecule has 1 aliphatic heterocycles. The Morgan fingerprint density at radius 2 is 2.05 bits per heavy atom. The van der Waals surface area contributed by atoms with E-state index in [2.05, 4.69) is 10.6 Å². The van der Waals surface area contributed by atoms with Crippen LogP contribution in [0.25, 0.3) is 0 Å². The minimum atomic E-state index is -0.346. The van der Waals surface area contributed by atoms with Crippen LogP contribution < -0.4 is 10.6 Å². The molecule has 1 aromatic carbocycles. The Kier molecular flexibility index (Phi) is 4.54. The maximum atomic E-state index is 11.7. The van der Waals surface area contributed by atoms with Gasteiger partial charge in [0, 0.05) is 6.20 Å². The highest BCUT2D eigenvalue weighted by atomic mass is 16.5. The molecule has 0 saturated carbocycles. The summed E-state index contributed by atoms with van der Waals surface area (Å²) < 4.78 is 5.23. The summed E-state index contributed by atoms with van der Waals surface area (Å²) >= 11 is 0. The third-order valence-corrected chi connectivity index (χ3v) is 2.84. The van der Waals surface area contributed by atoms with Crippen LogP contribution in [0.2, 0.25) is 0 Å². The van der Waals surface area contributed by atoms with Crippen molar-refractivity contribution in [3.05, 3.63) is 41.6 Å². The fraction of sp³-hybridized carbons (Fsp3) is 0.286. The molecule has 0 aromatic heterocycles. The molecule has 2 N–H and O–H groups in total. The molecule has 1 aliphatic rings. The Balaban J connectivity index is 1.92. The monoisotopic (exact) mass is 257 g/mol. The molecule has 2 rings (SSSR count). The fourth-order valence-corrected chi connectivity index (χ4v) is 1.79. The van der Waals surface area contributed by atoms with E-state index in [0.29, 0.717) is 24.5 Å². The van der Waals surface area contributed by atoms with Crippen LogP contribution in [0.15, 0.2) is 36.0 Å². The van der Waals surface area contributed by atoms with E-state index in [0.717, 1.165) is 18.4 Å². The van der Waals surface area contributed by atoms with Crippen molar-refractivity contribution < 1.29 is 9.53 Å². The summed E-state index contributed by atoms with van der Waals surface area (Å²) in [6.45, 7) is 1.40. The van der Waals surface area contributed by atoms with Gasteiger partial charge in [-0.3, -0.25) is 0 Å². The Bertz CT molecular complexity index is 524. The van der Waals surface area contributed by atoms with Gasteiger partial charge in [0.05, 0.1) is 24.5 Å². The number of anilines is 1. The van der Waals surface area contributed by atoms with E-state index in [1.165, 1.54) is 0 Å². The summed E-state index contributed by atoms with van der Waals surface area (Å²) in [5, 5.41) is 14.2. The van der Waals surface area contributed by atoms with E-state index >= 15 is 0 Å². The Morgan fingerprint density at radius 3 is 2.79 bits per heavy atom. The molecule has 5 heteroatoms. The molecule has 1 aromatic rings. The molecular formula is C14H15N3O2. The van der Waals surface area contributed by atoms with E-state index in [4.69, 9.17) is 10.00 Å². The number of nitrogens with one attached hydrogen (secondary N) is 2. The molecule has 1 heterocycles. The Labute approximate surface area is 111 Å². The van der Waals surface area contributed by atoms with Gasteiger partial charge in [0.1, 0.15) is 6.07 Å². The molecule has 0 spiro atoms. The van der Waals surface area contributed by atoms with Gasteiger partial charge in [-0.1, -0.05) is 12.1 Å². The lowest BCUT2D eigenvalue weighted by Crippen LogP contribution is -2.25. The van der Waals surface area contributed by atoms with Crippen LogP contribution >= 0.6 is 0 Å². The van der Waals surface area contributed by atoms with E-state index in [1.54, 1.807) is 30.5 Å². The molecule has 1 saturated heterocycles. The van der Waals surface area contributed by atoms with Crippen molar-refractivity contribution in [1.29, 1.82) is 5.26 Å². The van der Waals surface area contributed by atoms with Gasteiger partial charge in [-0.2, -0.15) is 5.26 Å². The molecule has 2 amide bonds. The number of nitrogens with zero attached hydrogens (tertiary/aromatic N) is 1. The second-order valence-electron chi connectivity index (χ2n) is 4.17. The number of carbonyl (C=O) groups excluding carboxylic acids is 1. The molecule has 19 heavy (non-hydrogen) atoms. The second kappa shape index (κ2) is 6.57. The SMILES string of the molecule is N#Cc1ccccc1NC(=O)NC=C1CCOCC1. The van der Waals surface area contributed by atoms with Crippen molar-refractivity contribution >= 4 is 11.7 Å². The number of carbonyl (C=O) groups is 1. The number of para-hydroxylation sites is 1. The number of hydrogen-bond donors (Lipinski definition) is 2.